The van der Waals surface area contributed by atoms with Crippen LogP contribution in [0.1, 0.15) is 10.4 Å². The Kier molecular flexibility index (Phi) is 3.98. The molecule has 0 bridgehead atoms. The summed E-state index contributed by atoms with van der Waals surface area (Å²) in [5, 5.41) is 0. The van der Waals surface area contributed by atoms with Gasteiger partial charge in [-0.1, -0.05) is 55.1 Å². The molecular formula is C16H15NO2. The van der Waals surface area contributed by atoms with E-state index in [0.717, 1.165) is 11.1 Å². The van der Waals surface area contributed by atoms with Gasteiger partial charge in [-0.3, -0.25) is 4.79 Å². The minimum absolute atomic E-state index is 0.324. The summed E-state index contributed by atoms with van der Waals surface area (Å²) in [4.78, 5) is 11.5. The molecule has 0 heterocycles. The lowest BCUT2D eigenvalue weighted by Crippen LogP contribution is -2.13. The first-order valence-electron chi connectivity index (χ1n) is 5.96. The van der Waals surface area contributed by atoms with Crippen molar-refractivity contribution >= 4 is 5.91 Å². The second-order valence-corrected chi connectivity index (χ2v) is 4.01. The van der Waals surface area contributed by atoms with E-state index in [2.05, 4.69) is 6.58 Å². The molecule has 2 rings (SSSR count). The maximum Gasteiger partial charge on any atom is 0.252 e. The molecule has 0 fully saturated rings. The number of para-hydroxylation sites is 1. The summed E-state index contributed by atoms with van der Waals surface area (Å²) in [7, 11) is 0. The van der Waals surface area contributed by atoms with Crippen LogP contribution in [0.3, 0.4) is 0 Å². The van der Waals surface area contributed by atoms with Gasteiger partial charge in [-0.2, -0.15) is 0 Å². The summed E-state index contributed by atoms with van der Waals surface area (Å²) in [6, 6.07) is 15.1. The van der Waals surface area contributed by atoms with Crippen molar-refractivity contribution in [3.8, 4) is 16.9 Å². The van der Waals surface area contributed by atoms with Crippen LogP contribution < -0.4 is 10.5 Å². The van der Waals surface area contributed by atoms with E-state index < -0.39 is 5.91 Å². The van der Waals surface area contributed by atoms with E-state index in [-0.39, 0.29) is 0 Å². The highest BCUT2D eigenvalue weighted by Crippen LogP contribution is 2.33. The minimum Gasteiger partial charge on any atom is -0.488 e. The van der Waals surface area contributed by atoms with E-state index in [0.29, 0.717) is 17.9 Å². The molecular weight excluding hydrogens is 238 g/mol. The molecule has 2 aromatic carbocycles. The molecule has 0 unspecified atom stereocenters. The van der Waals surface area contributed by atoms with E-state index >= 15 is 0 Å². The van der Waals surface area contributed by atoms with Gasteiger partial charge in [0.2, 0.25) is 0 Å². The number of carbonyl (C=O) groups excluding carboxylic acids is 1. The highest BCUT2D eigenvalue weighted by molar-refractivity contribution is 5.98. The molecule has 0 aliphatic carbocycles. The van der Waals surface area contributed by atoms with Crippen LogP contribution in [0.5, 0.6) is 5.75 Å². The van der Waals surface area contributed by atoms with Crippen molar-refractivity contribution in [2.24, 2.45) is 5.73 Å². The summed E-state index contributed by atoms with van der Waals surface area (Å²) in [5.74, 6) is -0.00190. The third kappa shape index (κ3) is 2.83. The number of benzene rings is 2. The van der Waals surface area contributed by atoms with E-state index in [9.17, 15) is 4.79 Å². The maximum absolute atomic E-state index is 11.5. The molecule has 0 radical (unpaired) electrons. The highest BCUT2D eigenvalue weighted by atomic mass is 16.5. The molecule has 19 heavy (non-hydrogen) atoms. The molecule has 3 nitrogen and oxygen atoms in total. The Bertz CT molecular complexity index is 591. The van der Waals surface area contributed by atoms with Crippen molar-refractivity contribution in [2.45, 2.75) is 0 Å². The Hall–Kier alpha value is -2.55. The third-order valence-corrected chi connectivity index (χ3v) is 2.71. The van der Waals surface area contributed by atoms with E-state index in [1.807, 2.05) is 36.4 Å². The van der Waals surface area contributed by atoms with Crippen LogP contribution in [0, 0.1) is 0 Å². The first-order chi connectivity index (χ1) is 9.24. The van der Waals surface area contributed by atoms with Crippen LogP contribution in [0.4, 0.5) is 0 Å². The van der Waals surface area contributed by atoms with Crippen molar-refractivity contribution in [2.75, 3.05) is 6.61 Å². The summed E-state index contributed by atoms with van der Waals surface area (Å²) in [5.41, 5.74) is 7.59. The van der Waals surface area contributed by atoms with Gasteiger partial charge in [-0.15, -0.1) is 0 Å². The molecule has 0 aliphatic rings. The number of amides is 1. The predicted octanol–water partition coefficient (Wildman–Crippen LogP) is 3.02. The standard InChI is InChI=1S/C16H15NO2/c1-2-11-19-15-13(12-7-4-3-5-8-12)9-6-10-14(15)16(17)18/h2-10H,1,11H2,(H2,17,18). The average molecular weight is 253 g/mol. The second kappa shape index (κ2) is 5.87. The number of carbonyl (C=O) groups is 1. The summed E-state index contributed by atoms with van der Waals surface area (Å²) in [6.07, 6.45) is 1.63. The first-order valence-corrected chi connectivity index (χ1v) is 5.96. The van der Waals surface area contributed by atoms with Gasteiger partial charge in [0.05, 0.1) is 5.56 Å². The van der Waals surface area contributed by atoms with E-state index in [4.69, 9.17) is 10.5 Å². The second-order valence-electron chi connectivity index (χ2n) is 4.01. The molecule has 0 aliphatic heterocycles. The van der Waals surface area contributed by atoms with Crippen LogP contribution in [0.15, 0.2) is 61.2 Å². The molecule has 1 amide bonds. The summed E-state index contributed by atoms with van der Waals surface area (Å²) in [6.45, 7) is 3.94. The Morgan fingerprint density at radius 1 is 1.16 bits per heavy atom. The van der Waals surface area contributed by atoms with Gasteiger partial charge in [0.15, 0.2) is 0 Å². The fourth-order valence-electron chi connectivity index (χ4n) is 1.87. The molecule has 3 heteroatoms. The van der Waals surface area contributed by atoms with Gasteiger partial charge >= 0.3 is 0 Å². The molecule has 0 spiro atoms. The Balaban J connectivity index is 2.56. The lowest BCUT2D eigenvalue weighted by atomic mass is 10.0. The SMILES string of the molecule is C=CCOc1c(C(N)=O)cccc1-c1ccccc1. The fraction of sp³-hybridized carbons (Fsp3) is 0.0625. The number of rotatable bonds is 5. The topological polar surface area (TPSA) is 52.3 Å². The summed E-state index contributed by atoms with van der Waals surface area (Å²) < 4.78 is 5.61. The normalized spacial score (nSPS) is 9.89. The van der Waals surface area contributed by atoms with Crippen LogP contribution in [-0.2, 0) is 0 Å². The molecule has 2 N–H and O–H groups in total. The van der Waals surface area contributed by atoms with Crippen molar-refractivity contribution in [1.29, 1.82) is 0 Å². The third-order valence-electron chi connectivity index (χ3n) is 2.71. The number of hydrogen-bond donors (Lipinski definition) is 1. The first kappa shape index (κ1) is 12.9. The van der Waals surface area contributed by atoms with Gasteiger partial charge in [0.1, 0.15) is 12.4 Å². The fourth-order valence-corrected chi connectivity index (χ4v) is 1.87. The lowest BCUT2D eigenvalue weighted by molar-refractivity contribution is 0.0997. The Labute approximate surface area is 112 Å². The van der Waals surface area contributed by atoms with Crippen molar-refractivity contribution in [3.05, 3.63) is 66.7 Å². The predicted molar refractivity (Wildman–Crippen MR) is 76.1 cm³/mol. The zero-order chi connectivity index (χ0) is 13.7. The van der Waals surface area contributed by atoms with Gasteiger partial charge < -0.3 is 10.5 Å². The van der Waals surface area contributed by atoms with Crippen LogP contribution in [0.25, 0.3) is 11.1 Å². The lowest BCUT2D eigenvalue weighted by Gasteiger charge is -2.13. The van der Waals surface area contributed by atoms with E-state index in [1.54, 1.807) is 18.2 Å². The maximum atomic E-state index is 11.5. The zero-order valence-corrected chi connectivity index (χ0v) is 10.5. The van der Waals surface area contributed by atoms with E-state index in [1.165, 1.54) is 0 Å². The molecule has 96 valence electrons. The highest BCUT2D eigenvalue weighted by Gasteiger charge is 2.14. The quantitative estimate of drug-likeness (QED) is 0.833. The average Bonchev–Trinajstić information content (AvgIpc) is 2.45. The zero-order valence-electron chi connectivity index (χ0n) is 10.5. The number of ether oxygens (including phenoxy) is 1. The Morgan fingerprint density at radius 3 is 2.53 bits per heavy atom. The largest absolute Gasteiger partial charge is 0.488 e. The Morgan fingerprint density at radius 2 is 1.89 bits per heavy atom. The van der Waals surface area contributed by atoms with Crippen molar-refractivity contribution < 1.29 is 9.53 Å². The van der Waals surface area contributed by atoms with Gasteiger partial charge in [0, 0.05) is 5.56 Å². The molecule has 0 saturated heterocycles. The molecule has 2 aromatic rings. The van der Waals surface area contributed by atoms with Gasteiger partial charge in [0.25, 0.3) is 5.91 Å². The van der Waals surface area contributed by atoms with Crippen LogP contribution >= 0.6 is 0 Å². The van der Waals surface area contributed by atoms with Crippen LogP contribution in [0.2, 0.25) is 0 Å². The molecule has 0 aromatic heterocycles. The number of primary amides is 1. The van der Waals surface area contributed by atoms with Gasteiger partial charge in [-0.25, -0.2) is 0 Å². The smallest absolute Gasteiger partial charge is 0.252 e. The van der Waals surface area contributed by atoms with Crippen molar-refractivity contribution in [3.63, 3.8) is 0 Å². The molecule has 0 atom stereocenters. The van der Waals surface area contributed by atoms with Crippen molar-refractivity contribution in [1.82, 2.24) is 0 Å². The van der Waals surface area contributed by atoms with Crippen LogP contribution in [-0.4, -0.2) is 12.5 Å². The summed E-state index contributed by atoms with van der Waals surface area (Å²) >= 11 is 0. The number of nitrogens with two attached hydrogens (primary N) is 1. The number of hydrogen-bond acceptors (Lipinski definition) is 2. The monoisotopic (exact) mass is 253 g/mol. The van der Waals surface area contributed by atoms with Gasteiger partial charge in [-0.05, 0) is 11.6 Å². The minimum atomic E-state index is -0.503. The molecule has 0 saturated carbocycles.